The Morgan fingerprint density at radius 1 is 1.30 bits per heavy atom. The number of hydrogen-bond donors (Lipinski definition) is 0. The lowest BCUT2D eigenvalue weighted by molar-refractivity contribution is 0.156. The molecule has 2 saturated heterocycles. The van der Waals surface area contributed by atoms with Gasteiger partial charge in [0.25, 0.3) is 0 Å². The van der Waals surface area contributed by atoms with Gasteiger partial charge in [0.05, 0.1) is 6.54 Å². The summed E-state index contributed by atoms with van der Waals surface area (Å²) < 4.78 is 6.11. The first-order valence-corrected chi connectivity index (χ1v) is 9.21. The van der Waals surface area contributed by atoms with Crippen molar-refractivity contribution in [3.05, 3.63) is 18.3 Å². The summed E-state index contributed by atoms with van der Waals surface area (Å²) in [5.74, 6) is 3.69. The number of urea groups is 1. The minimum absolute atomic E-state index is 0.0426. The van der Waals surface area contributed by atoms with Crippen LogP contribution in [0.15, 0.2) is 18.3 Å². The minimum Gasteiger partial charge on any atom is -0.485 e. The molecule has 0 radical (unpaired) electrons. The van der Waals surface area contributed by atoms with Gasteiger partial charge in [-0.3, -0.25) is 0 Å². The van der Waals surface area contributed by atoms with Gasteiger partial charge in [0, 0.05) is 57.9 Å². The Morgan fingerprint density at radius 3 is 2.83 bits per heavy atom. The zero-order valence-electron chi connectivity index (χ0n) is 13.8. The molecule has 1 atom stereocenters. The van der Waals surface area contributed by atoms with E-state index >= 15 is 0 Å². The fraction of sp³-hybridized carbons (Fsp3) is 0.625. The molecule has 0 bridgehead atoms. The van der Waals surface area contributed by atoms with E-state index in [1.54, 1.807) is 6.20 Å². The van der Waals surface area contributed by atoms with Crippen LogP contribution in [0.4, 0.5) is 10.6 Å². The molecule has 2 amide bonds. The molecule has 0 aliphatic carbocycles. The third-order valence-corrected chi connectivity index (χ3v) is 5.11. The van der Waals surface area contributed by atoms with E-state index < -0.39 is 0 Å². The van der Waals surface area contributed by atoms with Crippen molar-refractivity contribution in [2.24, 2.45) is 0 Å². The molecule has 7 heteroatoms. The van der Waals surface area contributed by atoms with Crippen molar-refractivity contribution < 1.29 is 9.53 Å². The predicted molar refractivity (Wildman–Crippen MR) is 93.5 cm³/mol. The Kier molecular flexibility index (Phi) is 5.15. The van der Waals surface area contributed by atoms with Crippen LogP contribution >= 0.6 is 11.8 Å². The van der Waals surface area contributed by atoms with Gasteiger partial charge in [-0.05, 0) is 12.1 Å². The zero-order chi connectivity index (χ0) is 16.2. The number of carbonyl (C=O) groups excluding carboxylic acids is 1. The molecule has 2 aliphatic rings. The van der Waals surface area contributed by atoms with Crippen LogP contribution in [-0.2, 0) is 0 Å². The largest absolute Gasteiger partial charge is 0.485 e. The highest BCUT2D eigenvalue weighted by atomic mass is 32.2. The number of pyridine rings is 1. The van der Waals surface area contributed by atoms with Crippen molar-refractivity contribution in [2.75, 3.05) is 56.7 Å². The number of likely N-dealkylation sites (tertiary alicyclic amines) is 1. The lowest BCUT2D eigenvalue weighted by atomic mass is 10.3. The van der Waals surface area contributed by atoms with Crippen LogP contribution in [0, 0.1) is 0 Å². The lowest BCUT2D eigenvalue weighted by Crippen LogP contribution is -2.46. The number of ether oxygens (including phenoxy) is 1. The maximum absolute atomic E-state index is 12.5. The number of thioether (sulfide) groups is 1. The summed E-state index contributed by atoms with van der Waals surface area (Å²) in [6.45, 7) is 3.15. The summed E-state index contributed by atoms with van der Waals surface area (Å²) in [5, 5.41) is 0. The summed E-state index contributed by atoms with van der Waals surface area (Å²) >= 11 is 1.92. The SMILES string of the molecule is CN(C)c1ncccc1O[C@H]1CCN(C(=O)N2CCSCC2)C1. The van der Waals surface area contributed by atoms with E-state index in [0.29, 0.717) is 6.54 Å². The molecule has 23 heavy (non-hydrogen) atoms. The minimum atomic E-state index is 0.0426. The number of aromatic nitrogens is 1. The second-order valence-electron chi connectivity index (χ2n) is 6.08. The molecule has 0 spiro atoms. The van der Waals surface area contributed by atoms with Crippen LogP contribution in [0.1, 0.15) is 6.42 Å². The van der Waals surface area contributed by atoms with Crippen LogP contribution in [0.25, 0.3) is 0 Å². The highest BCUT2D eigenvalue weighted by Gasteiger charge is 2.31. The van der Waals surface area contributed by atoms with Gasteiger partial charge in [0.15, 0.2) is 11.6 Å². The first-order valence-electron chi connectivity index (χ1n) is 8.06. The van der Waals surface area contributed by atoms with Crippen molar-refractivity contribution in [2.45, 2.75) is 12.5 Å². The normalized spacial score (nSPS) is 21.4. The summed E-state index contributed by atoms with van der Waals surface area (Å²) in [5.41, 5.74) is 0. The van der Waals surface area contributed by atoms with Gasteiger partial charge >= 0.3 is 6.03 Å². The Hall–Kier alpha value is -1.63. The fourth-order valence-electron chi connectivity index (χ4n) is 2.94. The van der Waals surface area contributed by atoms with E-state index in [1.807, 2.05) is 52.7 Å². The Morgan fingerprint density at radius 2 is 2.09 bits per heavy atom. The summed E-state index contributed by atoms with van der Waals surface area (Å²) in [6.07, 6.45) is 2.68. The van der Waals surface area contributed by atoms with E-state index in [4.69, 9.17) is 4.74 Å². The maximum atomic E-state index is 12.5. The Bertz CT molecular complexity index is 549. The number of carbonyl (C=O) groups is 1. The molecule has 0 aromatic carbocycles. The van der Waals surface area contributed by atoms with Gasteiger partial charge in [-0.15, -0.1) is 0 Å². The maximum Gasteiger partial charge on any atom is 0.320 e. The van der Waals surface area contributed by atoms with E-state index in [-0.39, 0.29) is 12.1 Å². The van der Waals surface area contributed by atoms with Gasteiger partial charge in [-0.25, -0.2) is 9.78 Å². The van der Waals surface area contributed by atoms with E-state index in [9.17, 15) is 4.79 Å². The fourth-order valence-corrected chi connectivity index (χ4v) is 3.85. The predicted octanol–water partition coefficient (Wildman–Crippen LogP) is 1.77. The Balaban J connectivity index is 1.59. The molecule has 2 fully saturated rings. The molecule has 126 valence electrons. The van der Waals surface area contributed by atoms with Crippen molar-refractivity contribution in [1.29, 1.82) is 0 Å². The second-order valence-corrected chi connectivity index (χ2v) is 7.30. The zero-order valence-corrected chi connectivity index (χ0v) is 14.6. The topological polar surface area (TPSA) is 48.9 Å². The molecule has 0 saturated carbocycles. The van der Waals surface area contributed by atoms with Crippen LogP contribution in [0.2, 0.25) is 0 Å². The average molecular weight is 336 g/mol. The number of hydrogen-bond acceptors (Lipinski definition) is 5. The molecule has 6 nitrogen and oxygen atoms in total. The van der Waals surface area contributed by atoms with Crippen LogP contribution in [0.5, 0.6) is 5.75 Å². The molecule has 3 rings (SSSR count). The molecule has 1 aromatic rings. The summed E-state index contributed by atoms with van der Waals surface area (Å²) in [4.78, 5) is 22.7. The van der Waals surface area contributed by atoms with Crippen LogP contribution in [-0.4, -0.2) is 78.7 Å². The number of anilines is 1. The van der Waals surface area contributed by atoms with Gasteiger partial charge in [0.1, 0.15) is 6.10 Å². The van der Waals surface area contributed by atoms with E-state index in [2.05, 4.69) is 4.98 Å². The lowest BCUT2D eigenvalue weighted by Gasteiger charge is -2.30. The summed E-state index contributed by atoms with van der Waals surface area (Å²) in [6, 6.07) is 3.98. The van der Waals surface area contributed by atoms with Crippen LogP contribution < -0.4 is 9.64 Å². The first kappa shape index (κ1) is 16.2. The van der Waals surface area contributed by atoms with Crippen molar-refractivity contribution in [1.82, 2.24) is 14.8 Å². The molecule has 0 N–H and O–H groups in total. The molecule has 3 heterocycles. The van der Waals surface area contributed by atoms with Gasteiger partial charge < -0.3 is 19.4 Å². The number of nitrogens with zero attached hydrogens (tertiary/aromatic N) is 4. The molecule has 0 unspecified atom stereocenters. The van der Waals surface area contributed by atoms with Crippen LogP contribution in [0.3, 0.4) is 0 Å². The third kappa shape index (κ3) is 3.83. The van der Waals surface area contributed by atoms with Crippen molar-refractivity contribution >= 4 is 23.6 Å². The van der Waals surface area contributed by atoms with Crippen molar-refractivity contribution in [3.63, 3.8) is 0 Å². The number of rotatable bonds is 3. The molecule has 2 aliphatic heterocycles. The highest BCUT2D eigenvalue weighted by Crippen LogP contribution is 2.27. The smallest absolute Gasteiger partial charge is 0.320 e. The highest BCUT2D eigenvalue weighted by molar-refractivity contribution is 7.99. The number of amides is 2. The Labute approximate surface area is 141 Å². The van der Waals surface area contributed by atoms with E-state index in [0.717, 1.165) is 49.1 Å². The molecular weight excluding hydrogens is 312 g/mol. The van der Waals surface area contributed by atoms with Crippen molar-refractivity contribution in [3.8, 4) is 5.75 Å². The molecule has 1 aromatic heterocycles. The molecular formula is C16H24N4O2S. The summed E-state index contributed by atoms with van der Waals surface area (Å²) in [7, 11) is 3.90. The van der Waals surface area contributed by atoms with Gasteiger partial charge in [-0.1, -0.05) is 0 Å². The van der Waals surface area contributed by atoms with Gasteiger partial charge in [-0.2, -0.15) is 11.8 Å². The first-order chi connectivity index (χ1) is 11.1. The second kappa shape index (κ2) is 7.29. The van der Waals surface area contributed by atoms with Gasteiger partial charge in [0.2, 0.25) is 0 Å². The van der Waals surface area contributed by atoms with E-state index in [1.165, 1.54) is 0 Å². The quantitative estimate of drug-likeness (QED) is 0.842. The average Bonchev–Trinajstić information content (AvgIpc) is 3.04. The monoisotopic (exact) mass is 336 g/mol. The standard InChI is InChI=1S/C16H24N4O2S/c1-18(2)15-14(4-3-6-17-15)22-13-5-7-20(12-13)16(21)19-8-10-23-11-9-19/h3-4,6,13H,5,7-12H2,1-2H3/t13-/m0/s1. The third-order valence-electron chi connectivity index (χ3n) is 4.17.